The van der Waals surface area contributed by atoms with Crippen LogP contribution in [0.3, 0.4) is 0 Å². The van der Waals surface area contributed by atoms with E-state index in [1.165, 1.54) is 12.8 Å². The lowest BCUT2D eigenvalue weighted by Gasteiger charge is -2.05. The summed E-state index contributed by atoms with van der Waals surface area (Å²) in [5.74, 6) is 6.32. The van der Waals surface area contributed by atoms with Crippen molar-refractivity contribution in [2.24, 2.45) is 0 Å². The monoisotopic (exact) mass is 167 g/mol. The molecule has 1 heterocycles. The standard InChI is InChI=1S/C10H17NO/c1-2-3-4-5-6-7-11-8-9-12-10-11/h2-4,7-10H2,1H3. The zero-order chi connectivity index (χ0) is 8.65. The molecule has 0 bridgehead atoms. The fraction of sp³-hybridized carbons (Fsp3) is 0.800. The molecule has 2 nitrogen and oxygen atoms in total. The van der Waals surface area contributed by atoms with Gasteiger partial charge in [0.2, 0.25) is 0 Å². The normalized spacial score (nSPS) is 17.4. The summed E-state index contributed by atoms with van der Waals surface area (Å²) in [5.41, 5.74) is 0. The lowest BCUT2D eigenvalue weighted by Crippen LogP contribution is -2.19. The molecule has 1 fully saturated rings. The van der Waals surface area contributed by atoms with E-state index in [0.717, 1.165) is 32.8 Å². The highest BCUT2D eigenvalue weighted by Gasteiger charge is 2.08. The van der Waals surface area contributed by atoms with Crippen LogP contribution in [0.1, 0.15) is 26.2 Å². The van der Waals surface area contributed by atoms with Gasteiger partial charge in [-0.1, -0.05) is 19.3 Å². The first kappa shape index (κ1) is 9.57. The van der Waals surface area contributed by atoms with Crippen LogP contribution in [0.25, 0.3) is 0 Å². The molecule has 12 heavy (non-hydrogen) atoms. The van der Waals surface area contributed by atoms with Crippen LogP contribution in [0.2, 0.25) is 0 Å². The Morgan fingerprint density at radius 3 is 3.00 bits per heavy atom. The van der Waals surface area contributed by atoms with E-state index in [9.17, 15) is 0 Å². The van der Waals surface area contributed by atoms with E-state index >= 15 is 0 Å². The molecule has 0 atom stereocenters. The summed E-state index contributed by atoms with van der Waals surface area (Å²) in [4.78, 5) is 2.22. The highest BCUT2D eigenvalue weighted by molar-refractivity contribution is 5.01. The van der Waals surface area contributed by atoms with Gasteiger partial charge in [0.05, 0.1) is 19.9 Å². The second kappa shape index (κ2) is 6.05. The first-order valence-corrected chi connectivity index (χ1v) is 4.69. The van der Waals surface area contributed by atoms with Crippen molar-refractivity contribution in [2.45, 2.75) is 26.2 Å². The van der Waals surface area contributed by atoms with Crippen molar-refractivity contribution in [1.29, 1.82) is 0 Å². The van der Waals surface area contributed by atoms with Gasteiger partial charge >= 0.3 is 0 Å². The van der Waals surface area contributed by atoms with E-state index in [0.29, 0.717) is 0 Å². The fourth-order valence-corrected chi connectivity index (χ4v) is 1.10. The second-order valence-corrected chi connectivity index (χ2v) is 3.05. The average Bonchev–Trinajstić information content (AvgIpc) is 2.57. The molecule has 0 N–H and O–H groups in total. The van der Waals surface area contributed by atoms with Crippen LogP contribution < -0.4 is 0 Å². The third-order valence-electron chi connectivity index (χ3n) is 1.91. The van der Waals surface area contributed by atoms with Crippen molar-refractivity contribution in [1.82, 2.24) is 4.90 Å². The predicted molar refractivity (Wildman–Crippen MR) is 49.7 cm³/mol. The molecule has 0 aromatic carbocycles. The maximum atomic E-state index is 5.19. The first-order chi connectivity index (χ1) is 5.93. The molecule has 0 aromatic rings. The molecule has 1 saturated heterocycles. The molecule has 0 radical (unpaired) electrons. The van der Waals surface area contributed by atoms with E-state index in [-0.39, 0.29) is 0 Å². The summed E-state index contributed by atoms with van der Waals surface area (Å²) < 4.78 is 5.19. The van der Waals surface area contributed by atoms with Crippen molar-refractivity contribution in [2.75, 3.05) is 26.4 Å². The molecule has 1 rings (SSSR count). The molecule has 0 aliphatic carbocycles. The number of rotatable bonds is 3. The van der Waals surface area contributed by atoms with Crippen LogP contribution in [0.4, 0.5) is 0 Å². The summed E-state index contributed by atoms with van der Waals surface area (Å²) in [6.45, 7) is 5.75. The highest BCUT2D eigenvalue weighted by Crippen LogP contribution is 1.96. The molecular weight excluding hydrogens is 150 g/mol. The lowest BCUT2D eigenvalue weighted by molar-refractivity contribution is 0.148. The first-order valence-electron chi connectivity index (χ1n) is 4.69. The van der Waals surface area contributed by atoms with E-state index in [1.807, 2.05) is 0 Å². The Bertz CT molecular complexity index is 162. The van der Waals surface area contributed by atoms with Gasteiger partial charge in [-0.15, -0.1) is 5.92 Å². The molecule has 0 spiro atoms. The van der Waals surface area contributed by atoms with Gasteiger partial charge in [-0.25, -0.2) is 0 Å². The third kappa shape index (κ3) is 3.75. The smallest absolute Gasteiger partial charge is 0.0999 e. The van der Waals surface area contributed by atoms with Gasteiger partial charge in [0.15, 0.2) is 0 Å². The Labute approximate surface area is 74.9 Å². The van der Waals surface area contributed by atoms with Crippen LogP contribution in [-0.4, -0.2) is 31.3 Å². The van der Waals surface area contributed by atoms with Gasteiger partial charge in [0.25, 0.3) is 0 Å². The van der Waals surface area contributed by atoms with E-state index in [2.05, 4.69) is 23.7 Å². The van der Waals surface area contributed by atoms with Crippen molar-refractivity contribution in [3.8, 4) is 11.8 Å². The van der Waals surface area contributed by atoms with E-state index in [1.54, 1.807) is 0 Å². The largest absolute Gasteiger partial charge is 0.365 e. The van der Waals surface area contributed by atoms with Crippen LogP contribution in [0, 0.1) is 11.8 Å². The Kier molecular flexibility index (Phi) is 4.82. The molecule has 0 saturated carbocycles. The number of ether oxygens (including phenoxy) is 1. The average molecular weight is 167 g/mol. The van der Waals surface area contributed by atoms with Gasteiger partial charge in [-0.3, -0.25) is 4.90 Å². The quantitative estimate of drug-likeness (QED) is 0.466. The molecule has 2 heteroatoms. The summed E-state index contributed by atoms with van der Waals surface area (Å²) >= 11 is 0. The van der Waals surface area contributed by atoms with E-state index < -0.39 is 0 Å². The molecule has 0 unspecified atom stereocenters. The molecular formula is C10H17NO. The maximum absolute atomic E-state index is 5.19. The van der Waals surface area contributed by atoms with Crippen molar-refractivity contribution in [3.05, 3.63) is 0 Å². The molecule has 0 aromatic heterocycles. The number of nitrogens with zero attached hydrogens (tertiary/aromatic N) is 1. The Balaban J connectivity index is 2.01. The molecule has 1 aliphatic rings. The minimum Gasteiger partial charge on any atom is -0.365 e. The zero-order valence-corrected chi connectivity index (χ0v) is 7.81. The number of hydrogen-bond donors (Lipinski definition) is 0. The fourth-order valence-electron chi connectivity index (χ4n) is 1.10. The van der Waals surface area contributed by atoms with Gasteiger partial charge < -0.3 is 4.74 Å². The third-order valence-corrected chi connectivity index (χ3v) is 1.91. The van der Waals surface area contributed by atoms with Crippen molar-refractivity contribution >= 4 is 0 Å². The van der Waals surface area contributed by atoms with Gasteiger partial charge in [-0.05, 0) is 6.42 Å². The maximum Gasteiger partial charge on any atom is 0.0999 e. The summed E-state index contributed by atoms with van der Waals surface area (Å²) in [6.07, 6.45) is 3.51. The van der Waals surface area contributed by atoms with Crippen molar-refractivity contribution < 1.29 is 4.74 Å². The van der Waals surface area contributed by atoms with E-state index in [4.69, 9.17) is 4.74 Å². The number of hydrogen-bond acceptors (Lipinski definition) is 2. The molecule has 1 aliphatic heterocycles. The minimum atomic E-state index is 0.766. The van der Waals surface area contributed by atoms with Crippen LogP contribution >= 0.6 is 0 Å². The Morgan fingerprint density at radius 1 is 1.42 bits per heavy atom. The topological polar surface area (TPSA) is 12.5 Å². The summed E-state index contributed by atoms with van der Waals surface area (Å²) in [5, 5.41) is 0. The van der Waals surface area contributed by atoms with Gasteiger partial charge in [0, 0.05) is 13.0 Å². The SMILES string of the molecule is CCCCC#CCN1CCOC1. The van der Waals surface area contributed by atoms with Crippen molar-refractivity contribution in [3.63, 3.8) is 0 Å². The summed E-state index contributed by atoms with van der Waals surface area (Å²) in [6, 6.07) is 0. The molecule has 68 valence electrons. The van der Waals surface area contributed by atoms with Crippen LogP contribution in [0.15, 0.2) is 0 Å². The number of unbranched alkanes of at least 4 members (excludes halogenated alkanes) is 2. The zero-order valence-electron chi connectivity index (χ0n) is 7.81. The molecule has 0 amide bonds. The predicted octanol–water partition coefficient (Wildman–Crippen LogP) is 1.47. The summed E-state index contributed by atoms with van der Waals surface area (Å²) in [7, 11) is 0. The van der Waals surface area contributed by atoms with Gasteiger partial charge in [-0.2, -0.15) is 0 Å². The van der Waals surface area contributed by atoms with Gasteiger partial charge in [0.1, 0.15) is 0 Å². The highest BCUT2D eigenvalue weighted by atomic mass is 16.5. The lowest BCUT2D eigenvalue weighted by atomic mass is 10.2. The Hall–Kier alpha value is -0.520. The Morgan fingerprint density at radius 2 is 2.33 bits per heavy atom. The second-order valence-electron chi connectivity index (χ2n) is 3.05. The van der Waals surface area contributed by atoms with Crippen LogP contribution in [0.5, 0.6) is 0 Å². The van der Waals surface area contributed by atoms with Crippen LogP contribution in [-0.2, 0) is 4.74 Å². The minimum absolute atomic E-state index is 0.766.